The molecule has 1 atom stereocenters. The van der Waals surface area contributed by atoms with Gasteiger partial charge in [-0.05, 0) is 33.6 Å². The predicted octanol–water partition coefficient (Wildman–Crippen LogP) is 1.53. The van der Waals surface area contributed by atoms with Crippen LogP contribution in [0.15, 0.2) is 0 Å². The van der Waals surface area contributed by atoms with Crippen molar-refractivity contribution in [3.8, 4) is 0 Å². The molecule has 0 unspecified atom stereocenters. The van der Waals surface area contributed by atoms with E-state index in [9.17, 15) is 9.59 Å². The molecule has 0 radical (unpaired) electrons. The molecule has 122 valence electrons. The van der Waals surface area contributed by atoms with E-state index >= 15 is 0 Å². The molecule has 1 rings (SSSR count). The molecule has 5 nitrogen and oxygen atoms in total. The number of carbonyl (C=O) groups excluding carboxylic acids is 2. The number of nitrogens with one attached hydrogen (secondary N) is 2. The summed E-state index contributed by atoms with van der Waals surface area (Å²) in [6.45, 7) is 8.19. The van der Waals surface area contributed by atoms with E-state index in [1.807, 2.05) is 25.7 Å². The minimum atomic E-state index is -0.464. The number of hydrogen-bond acceptors (Lipinski definition) is 3. The Morgan fingerprint density at radius 2 is 1.71 bits per heavy atom. The van der Waals surface area contributed by atoms with Gasteiger partial charge in [-0.25, -0.2) is 0 Å². The third-order valence-corrected chi connectivity index (χ3v) is 4.17. The first kappa shape index (κ1) is 18.0. The lowest BCUT2D eigenvalue weighted by Gasteiger charge is -2.27. The zero-order valence-corrected chi connectivity index (χ0v) is 14.0. The van der Waals surface area contributed by atoms with Crippen molar-refractivity contribution in [3.63, 3.8) is 0 Å². The molecule has 1 fully saturated rings. The molecule has 5 heteroatoms. The van der Waals surface area contributed by atoms with Crippen LogP contribution in [0.2, 0.25) is 0 Å². The van der Waals surface area contributed by atoms with Gasteiger partial charge in [-0.2, -0.15) is 0 Å². The van der Waals surface area contributed by atoms with Gasteiger partial charge < -0.3 is 15.5 Å². The van der Waals surface area contributed by atoms with Crippen LogP contribution in [0, 0.1) is 5.41 Å². The molecule has 1 heterocycles. The van der Waals surface area contributed by atoms with Crippen molar-refractivity contribution in [2.45, 2.75) is 58.9 Å². The smallest absolute Gasteiger partial charge is 0.226 e. The van der Waals surface area contributed by atoms with Crippen LogP contribution in [0.4, 0.5) is 0 Å². The molecule has 1 saturated heterocycles. The van der Waals surface area contributed by atoms with Gasteiger partial charge in [0.05, 0.1) is 5.41 Å². The Balaban J connectivity index is 2.37. The molecule has 0 aromatic heterocycles. The fourth-order valence-corrected chi connectivity index (χ4v) is 2.63. The summed E-state index contributed by atoms with van der Waals surface area (Å²) in [5.41, 5.74) is -0.464. The Bertz CT molecular complexity index is 347. The summed E-state index contributed by atoms with van der Waals surface area (Å²) in [4.78, 5) is 26.0. The number of carbonyl (C=O) groups is 2. The van der Waals surface area contributed by atoms with Crippen molar-refractivity contribution in [1.29, 1.82) is 0 Å². The minimum Gasteiger partial charge on any atom is -0.359 e. The molecule has 0 aromatic carbocycles. The molecule has 0 aliphatic carbocycles. The van der Waals surface area contributed by atoms with Crippen LogP contribution < -0.4 is 10.6 Å². The van der Waals surface area contributed by atoms with Gasteiger partial charge in [0.15, 0.2) is 0 Å². The Hall–Kier alpha value is -1.10. The van der Waals surface area contributed by atoms with Gasteiger partial charge >= 0.3 is 0 Å². The van der Waals surface area contributed by atoms with E-state index in [-0.39, 0.29) is 17.9 Å². The maximum Gasteiger partial charge on any atom is 0.226 e. The largest absolute Gasteiger partial charge is 0.359 e. The maximum atomic E-state index is 12.3. The normalized spacial score (nSPS) is 18.0. The van der Waals surface area contributed by atoms with Gasteiger partial charge in [0.25, 0.3) is 0 Å². The third-order valence-electron chi connectivity index (χ3n) is 4.17. The number of likely N-dealkylation sites (tertiary alicyclic amines) is 1. The molecule has 0 bridgehead atoms. The highest BCUT2D eigenvalue weighted by Gasteiger charge is 2.27. The monoisotopic (exact) mass is 297 g/mol. The lowest BCUT2D eigenvalue weighted by molar-refractivity contribution is -0.131. The third kappa shape index (κ3) is 6.04. The SMILES string of the molecule is CNC(=O)C(C)(C)CN[C@@H](C)CC(=O)N1CCCCCC1. The lowest BCUT2D eigenvalue weighted by atomic mass is 9.92. The van der Waals surface area contributed by atoms with E-state index in [1.165, 1.54) is 12.8 Å². The predicted molar refractivity (Wildman–Crippen MR) is 85.0 cm³/mol. The van der Waals surface area contributed by atoms with Crippen LogP contribution in [0.3, 0.4) is 0 Å². The van der Waals surface area contributed by atoms with E-state index in [0.29, 0.717) is 13.0 Å². The van der Waals surface area contributed by atoms with Crippen LogP contribution in [0.5, 0.6) is 0 Å². The van der Waals surface area contributed by atoms with Crippen molar-refractivity contribution < 1.29 is 9.59 Å². The Morgan fingerprint density at radius 1 is 1.14 bits per heavy atom. The summed E-state index contributed by atoms with van der Waals surface area (Å²) in [5, 5.41) is 5.99. The standard InChI is InChI=1S/C16H31N3O2/c1-13(18-12-16(2,3)15(21)17-4)11-14(20)19-9-7-5-6-8-10-19/h13,18H,5-12H2,1-4H3,(H,17,21)/t13-/m0/s1. The average Bonchev–Trinajstić information content (AvgIpc) is 2.73. The summed E-state index contributed by atoms with van der Waals surface area (Å²) in [5.74, 6) is 0.246. The molecule has 2 amide bonds. The summed E-state index contributed by atoms with van der Waals surface area (Å²) in [7, 11) is 1.65. The molecule has 1 aliphatic rings. The highest BCUT2D eigenvalue weighted by Crippen LogP contribution is 2.15. The fraction of sp³-hybridized carbons (Fsp3) is 0.875. The van der Waals surface area contributed by atoms with Gasteiger partial charge in [0, 0.05) is 39.1 Å². The van der Waals surface area contributed by atoms with Crippen LogP contribution in [-0.4, -0.2) is 49.4 Å². The quantitative estimate of drug-likeness (QED) is 0.781. The Morgan fingerprint density at radius 3 is 2.24 bits per heavy atom. The van der Waals surface area contributed by atoms with Crippen molar-refractivity contribution >= 4 is 11.8 Å². The molecular formula is C16H31N3O2. The average molecular weight is 297 g/mol. The maximum absolute atomic E-state index is 12.3. The second-order valence-electron chi connectivity index (χ2n) is 6.74. The topological polar surface area (TPSA) is 61.4 Å². The summed E-state index contributed by atoms with van der Waals surface area (Å²) < 4.78 is 0. The highest BCUT2D eigenvalue weighted by atomic mass is 16.2. The van der Waals surface area contributed by atoms with Crippen molar-refractivity contribution in [2.24, 2.45) is 5.41 Å². The number of amides is 2. The second-order valence-corrected chi connectivity index (χ2v) is 6.74. The van der Waals surface area contributed by atoms with Crippen LogP contribution in [0.25, 0.3) is 0 Å². The van der Waals surface area contributed by atoms with Crippen molar-refractivity contribution in [1.82, 2.24) is 15.5 Å². The Kier molecular flexibility index (Phi) is 7.15. The number of nitrogens with zero attached hydrogens (tertiary/aromatic N) is 1. The Labute approximate surface area is 128 Å². The molecular weight excluding hydrogens is 266 g/mol. The minimum absolute atomic E-state index is 0.0149. The van der Waals surface area contributed by atoms with Gasteiger partial charge in [-0.3, -0.25) is 9.59 Å². The molecule has 0 aromatic rings. The number of rotatable bonds is 6. The van der Waals surface area contributed by atoms with Gasteiger partial charge in [-0.1, -0.05) is 12.8 Å². The molecule has 1 aliphatic heterocycles. The first-order chi connectivity index (χ1) is 9.86. The molecule has 21 heavy (non-hydrogen) atoms. The summed E-state index contributed by atoms with van der Waals surface area (Å²) in [6.07, 6.45) is 5.22. The zero-order valence-electron chi connectivity index (χ0n) is 14.0. The van der Waals surface area contributed by atoms with Gasteiger partial charge in [0.1, 0.15) is 0 Å². The van der Waals surface area contributed by atoms with E-state index in [2.05, 4.69) is 10.6 Å². The van der Waals surface area contributed by atoms with Crippen molar-refractivity contribution in [2.75, 3.05) is 26.7 Å². The zero-order chi connectivity index (χ0) is 15.9. The van der Waals surface area contributed by atoms with E-state index < -0.39 is 5.41 Å². The van der Waals surface area contributed by atoms with Crippen LogP contribution in [-0.2, 0) is 9.59 Å². The number of hydrogen-bond donors (Lipinski definition) is 2. The van der Waals surface area contributed by atoms with Crippen molar-refractivity contribution in [3.05, 3.63) is 0 Å². The van der Waals surface area contributed by atoms with Crippen LogP contribution in [0.1, 0.15) is 52.9 Å². The van der Waals surface area contributed by atoms with E-state index in [1.54, 1.807) is 7.05 Å². The summed E-state index contributed by atoms with van der Waals surface area (Å²) in [6, 6.07) is 0.0877. The van der Waals surface area contributed by atoms with Gasteiger partial charge in [-0.15, -0.1) is 0 Å². The first-order valence-corrected chi connectivity index (χ1v) is 8.10. The second kappa shape index (κ2) is 8.37. The highest BCUT2D eigenvalue weighted by molar-refractivity contribution is 5.81. The first-order valence-electron chi connectivity index (χ1n) is 8.10. The van der Waals surface area contributed by atoms with E-state index in [0.717, 1.165) is 25.9 Å². The summed E-state index contributed by atoms with van der Waals surface area (Å²) >= 11 is 0. The van der Waals surface area contributed by atoms with E-state index in [4.69, 9.17) is 0 Å². The molecule has 0 spiro atoms. The van der Waals surface area contributed by atoms with Gasteiger partial charge in [0.2, 0.25) is 11.8 Å². The molecule has 0 saturated carbocycles. The lowest BCUT2D eigenvalue weighted by Crippen LogP contribution is -2.45. The fourth-order valence-electron chi connectivity index (χ4n) is 2.63. The molecule has 2 N–H and O–H groups in total. The van der Waals surface area contributed by atoms with Crippen LogP contribution >= 0.6 is 0 Å².